The summed E-state index contributed by atoms with van der Waals surface area (Å²) in [6, 6.07) is 55.4. The van der Waals surface area contributed by atoms with Gasteiger partial charge in [-0.3, -0.25) is 0 Å². The molecule has 61 heavy (non-hydrogen) atoms. The van der Waals surface area contributed by atoms with Crippen LogP contribution in [0.2, 0.25) is 0 Å². The molecule has 0 N–H and O–H groups in total. The van der Waals surface area contributed by atoms with E-state index < -0.39 is 0 Å². The normalized spacial score (nSPS) is 13.3. The summed E-state index contributed by atoms with van der Waals surface area (Å²) in [6.07, 6.45) is 0. The lowest BCUT2D eigenvalue weighted by molar-refractivity contribution is 0.591. The highest BCUT2D eigenvalue weighted by atomic mass is 15.2. The Labute approximate surface area is 357 Å². The number of benzene rings is 8. The maximum Gasteiger partial charge on any atom is 0.0783 e. The molecule has 298 valence electrons. The SMILES string of the molecule is CC(C)(C)c1ccc2c(c1)c1c3ccccc3cc3c4c5c6cc(C(C)(C)C)cc7c8cc(C(C)(C)C)cc(N(c9ccccc9)c9ccccc9)c8n(c5ccc4n2c31)c76. The molecule has 0 bridgehead atoms. The molecule has 0 unspecified atom stereocenters. The van der Waals surface area contributed by atoms with E-state index in [1.807, 2.05) is 0 Å². The van der Waals surface area contributed by atoms with Crippen LogP contribution in [0.3, 0.4) is 0 Å². The molecule has 0 radical (unpaired) electrons. The Morgan fingerprint density at radius 3 is 1.46 bits per heavy atom. The van der Waals surface area contributed by atoms with E-state index in [1.165, 1.54) is 109 Å². The lowest BCUT2D eigenvalue weighted by Crippen LogP contribution is -2.15. The summed E-state index contributed by atoms with van der Waals surface area (Å²) in [4.78, 5) is 2.48. The van der Waals surface area contributed by atoms with Gasteiger partial charge in [0.1, 0.15) is 0 Å². The molecule has 12 rings (SSSR count). The first-order chi connectivity index (χ1) is 29.2. The first-order valence-corrected chi connectivity index (χ1v) is 21.9. The summed E-state index contributed by atoms with van der Waals surface area (Å²) >= 11 is 0. The van der Waals surface area contributed by atoms with Gasteiger partial charge in [0, 0.05) is 54.5 Å². The minimum Gasteiger partial charge on any atom is -0.308 e. The maximum atomic E-state index is 2.63. The molecule has 0 saturated carbocycles. The van der Waals surface area contributed by atoms with E-state index >= 15 is 0 Å². The van der Waals surface area contributed by atoms with Crippen molar-refractivity contribution in [2.75, 3.05) is 4.90 Å². The van der Waals surface area contributed by atoms with Crippen LogP contribution in [-0.2, 0) is 16.2 Å². The minimum absolute atomic E-state index is 0.0433. The molecule has 0 aliphatic heterocycles. The second kappa shape index (κ2) is 12.0. The fourth-order valence-electron chi connectivity index (χ4n) is 10.6. The largest absolute Gasteiger partial charge is 0.308 e. The number of aromatic nitrogens is 2. The minimum atomic E-state index is -0.0743. The van der Waals surface area contributed by atoms with E-state index in [2.05, 4.69) is 222 Å². The van der Waals surface area contributed by atoms with Gasteiger partial charge < -0.3 is 13.7 Å². The summed E-state index contributed by atoms with van der Waals surface area (Å²) in [5, 5.41) is 13.2. The van der Waals surface area contributed by atoms with E-state index in [-0.39, 0.29) is 16.2 Å². The van der Waals surface area contributed by atoms with Crippen LogP contribution in [0.4, 0.5) is 17.1 Å². The van der Waals surface area contributed by atoms with E-state index in [9.17, 15) is 0 Å². The van der Waals surface area contributed by atoms with Crippen molar-refractivity contribution in [1.29, 1.82) is 0 Å². The zero-order valence-electron chi connectivity index (χ0n) is 36.7. The highest BCUT2D eigenvalue weighted by Gasteiger charge is 2.31. The lowest BCUT2D eigenvalue weighted by atomic mass is 9.83. The van der Waals surface area contributed by atoms with Crippen LogP contribution in [-0.4, -0.2) is 8.80 Å². The summed E-state index contributed by atoms with van der Waals surface area (Å²) in [7, 11) is 0. The number of para-hydroxylation sites is 2. The summed E-state index contributed by atoms with van der Waals surface area (Å²) in [5.74, 6) is 0. The highest BCUT2D eigenvalue weighted by molar-refractivity contribution is 6.38. The predicted octanol–water partition coefficient (Wildman–Crippen LogP) is 16.5. The van der Waals surface area contributed by atoms with E-state index in [1.54, 1.807) is 0 Å². The van der Waals surface area contributed by atoms with E-state index in [0.29, 0.717) is 0 Å². The molecular formula is C58H51N3. The average molecular weight is 790 g/mol. The van der Waals surface area contributed by atoms with E-state index in [4.69, 9.17) is 0 Å². The third-order valence-electron chi connectivity index (χ3n) is 13.7. The van der Waals surface area contributed by atoms with Crippen LogP contribution in [0.25, 0.3) is 87.0 Å². The second-order valence-corrected chi connectivity index (χ2v) is 20.7. The summed E-state index contributed by atoms with van der Waals surface area (Å²) < 4.78 is 5.21. The van der Waals surface area contributed by atoms with Crippen molar-refractivity contribution in [3.63, 3.8) is 0 Å². The molecule has 3 nitrogen and oxygen atoms in total. The van der Waals surface area contributed by atoms with Gasteiger partial charge in [0.2, 0.25) is 0 Å². The first-order valence-electron chi connectivity index (χ1n) is 21.9. The van der Waals surface area contributed by atoms with Crippen molar-refractivity contribution in [3.8, 4) is 0 Å². The molecule has 0 saturated heterocycles. The Bertz CT molecular complexity index is 3690. The third kappa shape index (κ3) is 4.98. The highest BCUT2D eigenvalue weighted by Crippen LogP contribution is 2.52. The molecular weight excluding hydrogens is 739 g/mol. The van der Waals surface area contributed by atoms with Gasteiger partial charge in [-0.2, -0.15) is 0 Å². The van der Waals surface area contributed by atoms with Crippen LogP contribution >= 0.6 is 0 Å². The predicted molar refractivity (Wildman–Crippen MR) is 264 cm³/mol. The number of hydrogen-bond donors (Lipinski definition) is 0. The molecule has 8 aromatic carbocycles. The fourth-order valence-corrected chi connectivity index (χ4v) is 10.6. The smallest absolute Gasteiger partial charge is 0.0783 e. The zero-order valence-corrected chi connectivity index (χ0v) is 36.7. The zero-order chi connectivity index (χ0) is 41.9. The molecule has 4 heterocycles. The van der Waals surface area contributed by atoms with Crippen LogP contribution in [0.1, 0.15) is 79.0 Å². The molecule has 0 amide bonds. The first kappa shape index (κ1) is 36.3. The molecule has 0 fully saturated rings. The molecule has 3 heteroatoms. The second-order valence-electron chi connectivity index (χ2n) is 20.7. The monoisotopic (exact) mass is 789 g/mol. The molecule has 12 aromatic rings. The maximum absolute atomic E-state index is 2.63. The Balaban J connectivity index is 1.32. The van der Waals surface area contributed by atoms with Gasteiger partial charge in [-0.1, -0.05) is 129 Å². The van der Waals surface area contributed by atoms with Gasteiger partial charge in [-0.05, 0) is 123 Å². The van der Waals surface area contributed by atoms with Gasteiger partial charge in [0.25, 0.3) is 0 Å². The summed E-state index contributed by atoms with van der Waals surface area (Å²) in [5.41, 5.74) is 15.1. The molecule has 0 spiro atoms. The Hall–Kier alpha value is -6.58. The van der Waals surface area contributed by atoms with E-state index in [0.717, 1.165) is 11.4 Å². The number of anilines is 3. The lowest BCUT2D eigenvalue weighted by Gasteiger charge is -2.29. The number of fused-ring (bicyclic) bond motifs is 15. The number of hydrogen-bond acceptors (Lipinski definition) is 1. The average Bonchev–Trinajstić information content (AvgIpc) is 3.96. The van der Waals surface area contributed by atoms with Crippen LogP contribution in [0.5, 0.6) is 0 Å². The van der Waals surface area contributed by atoms with Crippen LogP contribution in [0, 0.1) is 0 Å². The van der Waals surface area contributed by atoms with Gasteiger partial charge in [-0.25, -0.2) is 0 Å². The van der Waals surface area contributed by atoms with Crippen molar-refractivity contribution in [1.82, 2.24) is 8.80 Å². The molecule has 0 atom stereocenters. The molecule has 0 aliphatic carbocycles. The summed E-state index contributed by atoms with van der Waals surface area (Å²) in [6.45, 7) is 21.1. The van der Waals surface area contributed by atoms with Gasteiger partial charge in [-0.15, -0.1) is 0 Å². The Morgan fingerprint density at radius 1 is 0.344 bits per heavy atom. The number of nitrogens with zero attached hydrogens (tertiary/aromatic N) is 3. The van der Waals surface area contributed by atoms with Crippen molar-refractivity contribution in [2.24, 2.45) is 0 Å². The fraction of sp³-hybridized carbons (Fsp3) is 0.207. The Morgan fingerprint density at radius 2 is 0.836 bits per heavy atom. The standard InChI is InChI=1S/C58H51N3/c1-56(2,3)35-24-25-46-43(29-35)50-40-23-17-16-18-34(40)28-44-51-47(60(46)55(44)50)26-27-48-52(51)45-32-36(57(4,5)6)30-41-42-31-37(58(7,8)9)33-49(54(42)61(48)53(41)45)59(38-19-12-10-13-20-38)39-21-14-11-15-22-39/h10-33H,1-9H3. The quantitative estimate of drug-likeness (QED) is 0.174. The van der Waals surface area contributed by atoms with Crippen molar-refractivity contribution < 1.29 is 0 Å². The van der Waals surface area contributed by atoms with Gasteiger partial charge >= 0.3 is 0 Å². The van der Waals surface area contributed by atoms with Gasteiger partial charge in [0.15, 0.2) is 0 Å². The topological polar surface area (TPSA) is 12.1 Å². The third-order valence-corrected chi connectivity index (χ3v) is 13.7. The van der Waals surface area contributed by atoms with Crippen molar-refractivity contribution in [3.05, 3.63) is 162 Å². The Kier molecular flexibility index (Phi) is 7.16. The van der Waals surface area contributed by atoms with Crippen LogP contribution in [0.15, 0.2) is 146 Å². The molecule has 4 aromatic heterocycles. The van der Waals surface area contributed by atoms with Crippen molar-refractivity contribution >= 4 is 104 Å². The number of rotatable bonds is 3. The molecule has 0 aliphatic rings. The van der Waals surface area contributed by atoms with Crippen LogP contribution < -0.4 is 4.90 Å². The van der Waals surface area contributed by atoms with Gasteiger partial charge in [0.05, 0.1) is 38.8 Å². The van der Waals surface area contributed by atoms with Crippen molar-refractivity contribution in [2.45, 2.75) is 78.6 Å².